The van der Waals surface area contributed by atoms with E-state index in [1.165, 1.54) is 4.90 Å². The van der Waals surface area contributed by atoms with Crippen LogP contribution in [0.2, 0.25) is 0 Å². The minimum absolute atomic E-state index is 0. The summed E-state index contributed by atoms with van der Waals surface area (Å²) in [6.07, 6.45) is 1.96. The molecule has 4 rings (SSSR count). The summed E-state index contributed by atoms with van der Waals surface area (Å²) >= 11 is 0. The number of amides is 3. The highest BCUT2D eigenvalue weighted by atomic mass is 35.5. The number of carbonyl (C=O) groups is 2. The third-order valence-electron chi connectivity index (χ3n) is 5.57. The van der Waals surface area contributed by atoms with Gasteiger partial charge in [0.2, 0.25) is 0 Å². The van der Waals surface area contributed by atoms with Crippen molar-refractivity contribution in [2.45, 2.75) is 38.3 Å². The predicted molar refractivity (Wildman–Crippen MR) is 104 cm³/mol. The molecule has 2 fully saturated rings. The van der Waals surface area contributed by atoms with Crippen molar-refractivity contribution >= 4 is 24.3 Å². The maximum absolute atomic E-state index is 13.3. The van der Waals surface area contributed by atoms with Crippen LogP contribution >= 0.6 is 12.4 Å². The fourth-order valence-corrected chi connectivity index (χ4v) is 3.98. The van der Waals surface area contributed by atoms with Crippen molar-refractivity contribution in [3.05, 3.63) is 47.3 Å². The van der Waals surface area contributed by atoms with Crippen LogP contribution in [0.5, 0.6) is 0 Å². The van der Waals surface area contributed by atoms with Crippen molar-refractivity contribution in [3.8, 4) is 0 Å². The summed E-state index contributed by atoms with van der Waals surface area (Å²) < 4.78 is 4.72. The Bertz CT molecular complexity index is 835. The number of aryl methyl sites for hydroxylation is 1. The zero-order valence-electron chi connectivity index (χ0n) is 15.8. The molecule has 8 nitrogen and oxygen atoms in total. The first-order chi connectivity index (χ1) is 13.1. The first kappa shape index (κ1) is 20.3. The van der Waals surface area contributed by atoms with E-state index in [4.69, 9.17) is 4.63 Å². The van der Waals surface area contributed by atoms with E-state index in [0.717, 1.165) is 18.7 Å². The number of nitrogens with zero attached hydrogens (tertiary/aromatic N) is 4. The number of benzene rings is 1. The Morgan fingerprint density at radius 3 is 2.50 bits per heavy atom. The van der Waals surface area contributed by atoms with Crippen LogP contribution in [0, 0.1) is 6.92 Å². The van der Waals surface area contributed by atoms with Gasteiger partial charge in [0.25, 0.3) is 5.91 Å². The van der Waals surface area contributed by atoms with E-state index in [9.17, 15) is 9.59 Å². The molecule has 2 saturated heterocycles. The van der Waals surface area contributed by atoms with Crippen LogP contribution in [0.15, 0.2) is 35.0 Å². The van der Waals surface area contributed by atoms with E-state index >= 15 is 0 Å². The number of aromatic nitrogens is 2. The molecule has 0 saturated carbocycles. The summed E-state index contributed by atoms with van der Waals surface area (Å²) in [7, 11) is 0. The molecular weight excluding hydrogens is 382 g/mol. The Labute approximate surface area is 169 Å². The average molecular weight is 406 g/mol. The van der Waals surface area contributed by atoms with E-state index < -0.39 is 5.54 Å². The minimum Gasteiger partial charge on any atom is -0.317 e. The van der Waals surface area contributed by atoms with Crippen LogP contribution < -0.4 is 5.32 Å². The van der Waals surface area contributed by atoms with Gasteiger partial charge in [0.1, 0.15) is 16.9 Å². The molecule has 2 aliphatic heterocycles. The lowest BCUT2D eigenvalue weighted by Crippen LogP contribution is -2.56. The van der Waals surface area contributed by atoms with Gasteiger partial charge in [-0.2, -0.15) is 0 Å². The third kappa shape index (κ3) is 3.49. The lowest BCUT2D eigenvalue weighted by atomic mass is 9.86. The zero-order chi connectivity index (χ0) is 18.9. The van der Waals surface area contributed by atoms with E-state index in [0.29, 0.717) is 37.2 Å². The first-order valence-electron chi connectivity index (χ1n) is 9.28. The van der Waals surface area contributed by atoms with Gasteiger partial charge in [-0.1, -0.05) is 40.6 Å². The minimum atomic E-state index is -0.762. The van der Waals surface area contributed by atoms with Gasteiger partial charge >= 0.3 is 6.03 Å². The molecule has 3 heterocycles. The highest BCUT2D eigenvalue weighted by Gasteiger charge is 2.57. The SMILES string of the molecule is Cc1nonc1CN1C(=O)N(CCc2ccccc2)C2(CCNCC2)C1=O.Cl. The topological polar surface area (TPSA) is 91.6 Å². The number of hydrogen-bond donors (Lipinski definition) is 1. The van der Waals surface area contributed by atoms with Crippen molar-refractivity contribution in [2.75, 3.05) is 19.6 Å². The second-order valence-corrected chi connectivity index (χ2v) is 7.14. The van der Waals surface area contributed by atoms with Crippen molar-refractivity contribution in [1.82, 2.24) is 25.4 Å². The summed E-state index contributed by atoms with van der Waals surface area (Å²) in [5.74, 6) is -0.135. The summed E-state index contributed by atoms with van der Waals surface area (Å²) in [5, 5.41) is 10.9. The Morgan fingerprint density at radius 1 is 1.14 bits per heavy atom. The molecule has 150 valence electrons. The van der Waals surface area contributed by atoms with Crippen molar-refractivity contribution in [1.29, 1.82) is 0 Å². The number of rotatable bonds is 5. The Hall–Kier alpha value is -2.45. The molecule has 9 heteroatoms. The molecule has 0 aliphatic carbocycles. The largest absolute Gasteiger partial charge is 0.328 e. The van der Waals surface area contributed by atoms with Crippen molar-refractivity contribution < 1.29 is 14.2 Å². The van der Waals surface area contributed by atoms with Crippen molar-refractivity contribution in [3.63, 3.8) is 0 Å². The predicted octanol–water partition coefficient (Wildman–Crippen LogP) is 1.93. The molecule has 3 amide bonds. The van der Waals surface area contributed by atoms with Crippen LogP contribution in [0.25, 0.3) is 0 Å². The molecule has 1 N–H and O–H groups in total. The van der Waals surface area contributed by atoms with Gasteiger partial charge in [0, 0.05) is 6.54 Å². The Morgan fingerprint density at radius 2 is 1.86 bits per heavy atom. The fourth-order valence-electron chi connectivity index (χ4n) is 3.98. The molecule has 1 spiro atoms. The maximum Gasteiger partial charge on any atom is 0.328 e. The first-order valence-corrected chi connectivity index (χ1v) is 9.28. The monoisotopic (exact) mass is 405 g/mol. The van der Waals surface area contributed by atoms with E-state index in [2.05, 4.69) is 15.6 Å². The number of imide groups is 1. The molecule has 2 aliphatic rings. The molecule has 0 radical (unpaired) electrons. The van der Waals surface area contributed by atoms with Crippen LogP contribution in [0.3, 0.4) is 0 Å². The molecule has 28 heavy (non-hydrogen) atoms. The molecule has 0 atom stereocenters. The van der Waals surface area contributed by atoms with Gasteiger partial charge in [-0.15, -0.1) is 12.4 Å². The van der Waals surface area contributed by atoms with Crippen LogP contribution in [-0.2, 0) is 17.8 Å². The number of piperidine rings is 1. The van der Waals surface area contributed by atoms with Crippen LogP contribution in [0.1, 0.15) is 29.8 Å². The summed E-state index contributed by atoms with van der Waals surface area (Å²) in [5.41, 5.74) is 1.50. The van der Waals surface area contributed by atoms with E-state index in [1.54, 1.807) is 11.8 Å². The second kappa shape index (κ2) is 8.28. The molecule has 2 aromatic rings. The van der Waals surface area contributed by atoms with Crippen LogP contribution in [-0.4, -0.2) is 57.2 Å². The fraction of sp³-hybridized carbons (Fsp3) is 0.474. The number of carbonyl (C=O) groups excluding carboxylic acids is 2. The third-order valence-corrected chi connectivity index (χ3v) is 5.57. The van der Waals surface area contributed by atoms with Gasteiger partial charge in [-0.25, -0.2) is 9.42 Å². The number of hydrogen-bond acceptors (Lipinski definition) is 6. The van der Waals surface area contributed by atoms with Crippen molar-refractivity contribution in [2.24, 2.45) is 0 Å². The Kier molecular flexibility index (Phi) is 6.00. The smallest absolute Gasteiger partial charge is 0.317 e. The Balaban J connectivity index is 0.00000225. The molecule has 0 unspecified atom stereocenters. The standard InChI is InChI=1S/C19H23N5O3.ClH/c1-14-16(22-27-21-14)13-23-17(25)19(8-10-20-11-9-19)24(18(23)26)12-7-15-5-3-2-4-6-15;/h2-6,20H,7-13H2,1H3;1H. The zero-order valence-corrected chi connectivity index (χ0v) is 16.6. The van der Waals surface area contributed by atoms with Gasteiger partial charge in [0.15, 0.2) is 0 Å². The maximum atomic E-state index is 13.3. The summed E-state index contributed by atoms with van der Waals surface area (Å²) in [6.45, 7) is 3.81. The lowest BCUT2D eigenvalue weighted by molar-refractivity contribution is -0.135. The molecule has 0 bridgehead atoms. The van der Waals surface area contributed by atoms with Gasteiger partial charge < -0.3 is 10.2 Å². The number of urea groups is 1. The molecular formula is C19H24ClN5O3. The highest BCUT2D eigenvalue weighted by molar-refractivity contribution is 6.07. The van der Waals surface area contributed by atoms with Gasteiger partial charge in [-0.05, 0) is 44.8 Å². The van der Waals surface area contributed by atoms with E-state index in [-0.39, 0.29) is 30.9 Å². The number of nitrogens with one attached hydrogen (secondary N) is 1. The number of halogens is 1. The highest BCUT2D eigenvalue weighted by Crippen LogP contribution is 2.36. The molecule has 1 aromatic carbocycles. The molecule has 1 aromatic heterocycles. The van der Waals surface area contributed by atoms with Crippen LogP contribution in [0.4, 0.5) is 4.79 Å². The quantitative estimate of drug-likeness (QED) is 0.764. The lowest BCUT2D eigenvalue weighted by Gasteiger charge is -2.38. The van der Waals surface area contributed by atoms with Gasteiger partial charge in [-0.3, -0.25) is 9.69 Å². The van der Waals surface area contributed by atoms with Gasteiger partial charge in [0.05, 0.1) is 6.54 Å². The average Bonchev–Trinajstić information content (AvgIpc) is 3.18. The summed E-state index contributed by atoms with van der Waals surface area (Å²) in [4.78, 5) is 29.6. The normalized spacial score (nSPS) is 18.6. The summed E-state index contributed by atoms with van der Waals surface area (Å²) in [6, 6.07) is 9.77. The second-order valence-electron chi connectivity index (χ2n) is 7.14. The van der Waals surface area contributed by atoms with E-state index in [1.807, 2.05) is 30.3 Å².